The molecule has 1 fully saturated rings. The summed E-state index contributed by atoms with van der Waals surface area (Å²) in [6.45, 7) is 2.03. The predicted octanol–water partition coefficient (Wildman–Crippen LogP) is 2.24. The van der Waals surface area contributed by atoms with Gasteiger partial charge in [0.05, 0.1) is 23.4 Å². The van der Waals surface area contributed by atoms with Gasteiger partial charge in [0.1, 0.15) is 0 Å². The molecule has 6 heteroatoms. The monoisotopic (exact) mass is 271 g/mol. The van der Waals surface area contributed by atoms with Gasteiger partial charge in [-0.2, -0.15) is 0 Å². The molecule has 0 aromatic carbocycles. The summed E-state index contributed by atoms with van der Waals surface area (Å²) in [5.41, 5.74) is 0.00800. The molecule has 1 N–H and O–H groups in total. The second kappa shape index (κ2) is 6.02. The molecule has 0 radical (unpaired) electrons. The minimum Gasteiger partial charge on any atom is -0.478 e. The number of ether oxygens (including phenoxy) is 2. The van der Waals surface area contributed by atoms with Crippen molar-refractivity contribution in [2.45, 2.75) is 12.8 Å². The van der Waals surface area contributed by atoms with Crippen LogP contribution in [0, 0.1) is 5.92 Å². The summed E-state index contributed by atoms with van der Waals surface area (Å²) in [6, 6.07) is 1.35. The van der Waals surface area contributed by atoms with Crippen molar-refractivity contribution in [2.75, 3.05) is 19.8 Å². The maximum absolute atomic E-state index is 10.9. The highest BCUT2D eigenvalue weighted by Gasteiger charge is 2.16. The summed E-state index contributed by atoms with van der Waals surface area (Å²) in [4.78, 5) is 14.9. The lowest BCUT2D eigenvalue weighted by Crippen LogP contribution is -2.21. The van der Waals surface area contributed by atoms with E-state index in [0.29, 0.717) is 18.4 Å². The number of aromatic carboxylic acids is 1. The zero-order chi connectivity index (χ0) is 13.0. The molecule has 2 rings (SSSR count). The Bertz CT molecular complexity index is 432. The fourth-order valence-corrected chi connectivity index (χ4v) is 1.96. The van der Waals surface area contributed by atoms with Gasteiger partial charge in [0, 0.05) is 19.3 Å². The largest absolute Gasteiger partial charge is 0.478 e. The van der Waals surface area contributed by atoms with Gasteiger partial charge in [0.2, 0.25) is 5.88 Å². The smallest absolute Gasteiger partial charge is 0.337 e. The van der Waals surface area contributed by atoms with E-state index in [1.54, 1.807) is 0 Å². The van der Waals surface area contributed by atoms with Crippen LogP contribution in [0.1, 0.15) is 23.2 Å². The molecule has 1 aliphatic rings. The Labute approximate surface area is 110 Å². The van der Waals surface area contributed by atoms with Crippen LogP contribution in [-0.2, 0) is 4.74 Å². The molecule has 0 aliphatic carbocycles. The molecule has 0 amide bonds. The van der Waals surface area contributed by atoms with Gasteiger partial charge in [0.15, 0.2) is 0 Å². The number of hydrogen-bond acceptors (Lipinski definition) is 4. The zero-order valence-corrected chi connectivity index (χ0v) is 10.5. The molecule has 5 nitrogen and oxygen atoms in total. The number of carboxylic acid groups (broad SMARTS) is 1. The number of rotatable bonds is 4. The van der Waals surface area contributed by atoms with E-state index in [1.165, 1.54) is 12.3 Å². The molecule has 1 aromatic heterocycles. The topological polar surface area (TPSA) is 68.7 Å². The highest BCUT2D eigenvalue weighted by atomic mass is 35.5. The van der Waals surface area contributed by atoms with Crippen LogP contribution < -0.4 is 4.74 Å². The van der Waals surface area contributed by atoms with Gasteiger partial charge in [-0.3, -0.25) is 0 Å². The number of nitrogens with zero attached hydrogens (tertiary/aromatic N) is 1. The van der Waals surface area contributed by atoms with Crippen molar-refractivity contribution >= 4 is 17.6 Å². The molecular weight excluding hydrogens is 258 g/mol. The first-order chi connectivity index (χ1) is 8.66. The van der Waals surface area contributed by atoms with Gasteiger partial charge < -0.3 is 14.6 Å². The SMILES string of the molecule is O=C(O)c1cc(OCC2CCOCC2)ncc1Cl. The Kier molecular flexibility index (Phi) is 4.38. The first-order valence-electron chi connectivity index (χ1n) is 5.76. The van der Waals surface area contributed by atoms with Crippen molar-refractivity contribution in [2.24, 2.45) is 5.92 Å². The number of aromatic nitrogens is 1. The molecule has 0 unspecified atom stereocenters. The Morgan fingerprint density at radius 1 is 1.56 bits per heavy atom. The molecule has 1 saturated heterocycles. The molecule has 0 saturated carbocycles. The lowest BCUT2D eigenvalue weighted by atomic mass is 10.0. The Morgan fingerprint density at radius 3 is 2.94 bits per heavy atom. The van der Waals surface area contributed by atoms with Crippen LogP contribution in [0.15, 0.2) is 12.3 Å². The Hall–Kier alpha value is -1.33. The van der Waals surface area contributed by atoms with Crippen molar-refractivity contribution < 1.29 is 19.4 Å². The molecule has 2 heterocycles. The fraction of sp³-hybridized carbons (Fsp3) is 0.500. The van der Waals surface area contributed by atoms with Crippen molar-refractivity contribution in [1.82, 2.24) is 4.98 Å². The first kappa shape index (κ1) is 13.1. The third kappa shape index (κ3) is 3.34. The standard InChI is InChI=1S/C12H14ClNO4/c13-10-6-14-11(5-9(10)12(15)16)18-7-8-1-3-17-4-2-8/h5-6,8H,1-4,7H2,(H,15,16). The third-order valence-corrected chi connectivity index (χ3v) is 3.17. The van der Waals surface area contributed by atoms with Crippen LogP contribution in [0.5, 0.6) is 5.88 Å². The molecule has 1 aliphatic heterocycles. The Morgan fingerprint density at radius 2 is 2.28 bits per heavy atom. The predicted molar refractivity (Wildman–Crippen MR) is 65.2 cm³/mol. The van der Waals surface area contributed by atoms with Crippen LogP contribution in [-0.4, -0.2) is 35.9 Å². The number of carboxylic acids is 1. The highest BCUT2D eigenvalue weighted by molar-refractivity contribution is 6.33. The van der Waals surface area contributed by atoms with Gasteiger partial charge in [-0.1, -0.05) is 11.6 Å². The zero-order valence-electron chi connectivity index (χ0n) is 9.76. The molecule has 0 spiro atoms. The van der Waals surface area contributed by atoms with Crippen LogP contribution in [0.3, 0.4) is 0 Å². The summed E-state index contributed by atoms with van der Waals surface area (Å²) in [5.74, 6) is -0.355. The first-order valence-corrected chi connectivity index (χ1v) is 6.14. The van der Waals surface area contributed by atoms with Gasteiger partial charge in [-0.25, -0.2) is 9.78 Å². The van der Waals surface area contributed by atoms with E-state index in [4.69, 9.17) is 26.2 Å². The lowest BCUT2D eigenvalue weighted by molar-refractivity contribution is 0.0490. The van der Waals surface area contributed by atoms with Crippen LogP contribution in [0.25, 0.3) is 0 Å². The molecule has 18 heavy (non-hydrogen) atoms. The summed E-state index contributed by atoms with van der Waals surface area (Å²) in [6.07, 6.45) is 3.21. The van der Waals surface area contributed by atoms with E-state index >= 15 is 0 Å². The maximum atomic E-state index is 10.9. The van der Waals surface area contributed by atoms with E-state index in [2.05, 4.69) is 4.98 Å². The summed E-state index contributed by atoms with van der Waals surface area (Å²) >= 11 is 5.72. The third-order valence-electron chi connectivity index (χ3n) is 2.87. The molecule has 0 bridgehead atoms. The van der Waals surface area contributed by atoms with Crippen molar-refractivity contribution in [3.63, 3.8) is 0 Å². The normalized spacial score (nSPS) is 16.5. The second-order valence-electron chi connectivity index (χ2n) is 4.17. The lowest BCUT2D eigenvalue weighted by Gasteiger charge is -2.21. The fourth-order valence-electron chi connectivity index (χ4n) is 1.78. The van der Waals surface area contributed by atoms with Crippen molar-refractivity contribution in [3.8, 4) is 5.88 Å². The number of hydrogen-bond donors (Lipinski definition) is 1. The summed E-state index contributed by atoms with van der Waals surface area (Å²) in [7, 11) is 0. The van der Waals surface area contributed by atoms with E-state index in [0.717, 1.165) is 26.1 Å². The molecular formula is C12H14ClNO4. The summed E-state index contributed by atoms with van der Waals surface area (Å²) in [5, 5.41) is 9.03. The number of halogens is 1. The van der Waals surface area contributed by atoms with Crippen LogP contribution >= 0.6 is 11.6 Å². The number of carbonyl (C=O) groups is 1. The molecule has 1 aromatic rings. The molecule has 0 atom stereocenters. The van der Waals surface area contributed by atoms with Crippen molar-refractivity contribution in [1.29, 1.82) is 0 Å². The second-order valence-corrected chi connectivity index (χ2v) is 4.58. The minimum absolute atomic E-state index is 0.00800. The quantitative estimate of drug-likeness (QED) is 0.909. The molecule has 98 valence electrons. The van der Waals surface area contributed by atoms with Gasteiger partial charge in [-0.15, -0.1) is 0 Å². The Balaban J connectivity index is 1.96. The van der Waals surface area contributed by atoms with Crippen LogP contribution in [0.2, 0.25) is 5.02 Å². The number of pyridine rings is 1. The van der Waals surface area contributed by atoms with Gasteiger partial charge >= 0.3 is 5.97 Å². The van der Waals surface area contributed by atoms with Gasteiger partial charge in [-0.05, 0) is 18.8 Å². The minimum atomic E-state index is -1.08. The average Bonchev–Trinajstić information content (AvgIpc) is 2.38. The van der Waals surface area contributed by atoms with Crippen LogP contribution in [0.4, 0.5) is 0 Å². The summed E-state index contributed by atoms with van der Waals surface area (Å²) < 4.78 is 10.8. The van der Waals surface area contributed by atoms with E-state index in [1.807, 2.05) is 0 Å². The van der Waals surface area contributed by atoms with E-state index in [9.17, 15) is 4.79 Å². The maximum Gasteiger partial charge on any atom is 0.337 e. The van der Waals surface area contributed by atoms with E-state index in [-0.39, 0.29) is 10.6 Å². The van der Waals surface area contributed by atoms with Crippen molar-refractivity contribution in [3.05, 3.63) is 22.8 Å². The van der Waals surface area contributed by atoms with E-state index < -0.39 is 5.97 Å². The van der Waals surface area contributed by atoms with Gasteiger partial charge in [0.25, 0.3) is 0 Å². The average molecular weight is 272 g/mol. The highest BCUT2D eigenvalue weighted by Crippen LogP contribution is 2.21.